The van der Waals surface area contributed by atoms with Crippen molar-refractivity contribution in [2.24, 2.45) is 0 Å². The number of thiophene rings is 1. The lowest BCUT2D eigenvalue weighted by molar-refractivity contribution is 0.664. The van der Waals surface area contributed by atoms with Crippen LogP contribution < -0.4 is 10.2 Å². The lowest BCUT2D eigenvalue weighted by atomic mass is 10.3. The number of rotatable bonds is 6. The highest BCUT2D eigenvalue weighted by molar-refractivity contribution is 7.18. The van der Waals surface area contributed by atoms with Gasteiger partial charge in [-0.3, -0.25) is 0 Å². The van der Waals surface area contributed by atoms with E-state index in [4.69, 9.17) is 0 Å². The molecule has 2 aromatic heterocycles. The maximum Gasteiger partial charge on any atom is 0.149 e. The Morgan fingerprint density at radius 3 is 2.94 bits per heavy atom. The van der Waals surface area contributed by atoms with Crippen LogP contribution in [0.15, 0.2) is 11.7 Å². The van der Waals surface area contributed by atoms with Crippen molar-refractivity contribution in [1.29, 1.82) is 0 Å². The Bertz CT molecular complexity index is 509. The Morgan fingerprint density at radius 2 is 2.17 bits per heavy atom. The Balaban J connectivity index is 2.10. The predicted octanol–water partition coefficient (Wildman–Crippen LogP) is 2.44. The van der Waals surface area contributed by atoms with Crippen molar-refractivity contribution in [1.82, 2.24) is 15.3 Å². The van der Waals surface area contributed by atoms with Gasteiger partial charge in [0.05, 0.1) is 10.2 Å². The lowest BCUT2D eigenvalue weighted by Crippen LogP contribution is -2.30. The summed E-state index contributed by atoms with van der Waals surface area (Å²) in [7, 11) is 2.09. The average molecular weight is 264 g/mol. The molecule has 2 rings (SSSR count). The first-order chi connectivity index (χ1) is 8.74. The molecule has 2 aromatic rings. The molecule has 0 bridgehead atoms. The molecular formula is C13H20N4S. The number of fused-ring (bicyclic) bond motifs is 1. The van der Waals surface area contributed by atoms with Gasteiger partial charge >= 0.3 is 0 Å². The maximum atomic E-state index is 4.42. The fourth-order valence-electron chi connectivity index (χ4n) is 1.88. The number of hydrogen-bond acceptors (Lipinski definition) is 5. The van der Waals surface area contributed by atoms with Crippen molar-refractivity contribution in [3.8, 4) is 0 Å². The highest BCUT2D eigenvalue weighted by Gasteiger charge is 2.11. The summed E-state index contributed by atoms with van der Waals surface area (Å²) in [6.45, 7) is 7.30. The Labute approximate surface area is 112 Å². The number of aromatic nitrogens is 2. The Morgan fingerprint density at radius 1 is 1.33 bits per heavy atom. The number of aryl methyl sites for hydroxylation is 1. The smallest absolute Gasteiger partial charge is 0.149 e. The normalized spacial score (nSPS) is 11.1. The van der Waals surface area contributed by atoms with E-state index in [1.54, 1.807) is 17.7 Å². The van der Waals surface area contributed by atoms with E-state index >= 15 is 0 Å². The second-order valence-electron chi connectivity index (χ2n) is 4.47. The van der Waals surface area contributed by atoms with Gasteiger partial charge in [-0.15, -0.1) is 11.3 Å². The van der Waals surface area contributed by atoms with E-state index in [-0.39, 0.29) is 0 Å². The first-order valence-corrected chi connectivity index (χ1v) is 7.22. The molecule has 0 unspecified atom stereocenters. The molecule has 0 atom stereocenters. The van der Waals surface area contributed by atoms with E-state index in [2.05, 4.69) is 46.5 Å². The molecule has 0 aliphatic rings. The molecule has 4 nitrogen and oxygen atoms in total. The predicted molar refractivity (Wildman–Crippen MR) is 78.6 cm³/mol. The molecule has 0 aliphatic heterocycles. The molecule has 0 fully saturated rings. The summed E-state index contributed by atoms with van der Waals surface area (Å²) in [6.07, 6.45) is 2.83. The van der Waals surface area contributed by atoms with Gasteiger partial charge < -0.3 is 10.2 Å². The molecule has 0 saturated heterocycles. The zero-order valence-corrected chi connectivity index (χ0v) is 12.0. The molecule has 98 valence electrons. The highest BCUT2D eigenvalue weighted by Crippen LogP contribution is 2.29. The molecule has 0 amide bonds. The van der Waals surface area contributed by atoms with Gasteiger partial charge in [0, 0.05) is 20.1 Å². The van der Waals surface area contributed by atoms with Crippen LogP contribution in [-0.4, -0.2) is 36.6 Å². The van der Waals surface area contributed by atoms with E-state index in [9.17, 15) is 0 Å². The molecule has 0 spiro atoms. The van der Waals surface area contributed by atoms with Crippen molar-refractivity contribution >= 4 is 27.4 Å². The standard InChI is InChI=1S/C13H20N4S/c1-4-5-14-6-7-17(3)13-12-11(15-9-16-13)10(2)8-18-12/h8-9,14H,4-7H2,1-3H3. The van der Waals surface area contributed by atoms with E-state index < -0.39 is 0 Å². The third-order valence-corrected chi connectivity index (χ3v) is 4.01. The summed E-state index contributed by atoms with van der Waals surface area (Å²) in [6, 6.07) is 0. The van der Waals surface area contributed by atoms with Crippen LogP contribution in [-0.2, 0) is 0 Å². The van der Waals surface area contributed by atoms with Crippen LogP contribution in [0.2, 0.25) is 0 Å². The number of anilines is 1. The molecule has 18 heavy (non-hydrogen) atoms. The fourth-order valence-corrected chi connectivity index (χ4v) is 2.93. The number of likely N-dealkylation sites (N-methyl/N-ethyl adjacent to an activating group) is 1. The molecule has 0 radical (unpaired) electrons. The van der Waals surface area contributed by atoms with Crippen molar-refractivity contribution in [2.75, 3.05) is 31.6 Å². The topological polar surface area (TPSA) is 41.0 Å². The van der Waals surface area contributed by atoms with E-state index in [1.807, 2.05) is 0 Å². The van der Waals surface area contributed by atoms with Gasteiger partial charge in [-0.1, -0.05) is 6.92 Å². The molecule has 0 aromatic carbocycles. The van der Waals surface area contributed by atoms with Gasteiger partial charge in [-0.25, -0.2) is 9.97 Å². The van der Waals surface area contributed by atoms with Gasteiger partial charge in [-0.2, -0.15) is 0 Å². The highest BCUT2D eigenvalue weighted by atomic mass is 32.1. The van der Waals surface area contributed by atoms with E-state index in [0.29, 0.717) is 0 Å². The summed E-state index contributed by atoms with van der Waals surface area (Å²) >= 11 is 1.73. The zero-order chi connectivity index (χ0) is 13.0. The van der Waals surface area contributed by atoms with Crippen LogP contribution in [0, 0.1) is 6.92 Å². The summed E-state index contributed by atoms with van der Waals surface area (Å²) in [5.74, 6) is 1.04. The second-order valence-corrected chi connectivity index (χ2v) is 5.34. The number of hydrogen-bond donors (Lipinski definition) is 1. The molecule has 1 N–H and O–H groups in total. The van der Waals surface area contributed by atoms with Crippen molar-refractivity contribution in [2.45, 2.75) is 20.3 Å². The molecule has 0 saturated carbocycles. The van der Waals surface area contributed by atoms with Crippen LogP contribution >= 0.6 is 11.3 Å². The zero-order valence-electron chi connectivity index (χ0n) is 11.2. The molecule has 2 heterocycles. The van der Waals surface area contributed by atoms with Gasteiger partial charge in [0.15, 0.2) is 0 Å². The monoisotopic (exact) mass is 264 g/mol. The largest absolute Gasteiger partial charge is 0.357 e. The molecule has 0 aliphatic carbocycles. The van der Waals surface area contributed by atoms with Gasteiger partial charge in [0.1, 0.15) is 12.1 Å². The minimum Gasteiger partial charge on any atom is -0.357 e. The first-order valence-electron chi connectivity index (χ1n) is 6.34. The summed E-state index contributed by atoms with van der Waals surface area (Å²) in [5.41, 5.74) is 2.31. The summed E-state index contributed by atoms with van der Waals surface area (Å²) < 4.78 is 1.19. The third kappa shape index (κ3) is 2.79. The minimum absolute atomic E-state index is 0.961. The van der Waals surface area contributed by atoms with Crippen LogP contribution in [0.25, 0.3) is 10.2 Å². The third-order valence-electron chi connectivity index (χ3n) is 2.92. The van der Waals surface area contributed by atoms with Gasteiger partial charge in [-0.05, 0) is 30.8 Å². The second kappa shape index (κ2) is 6.11. The van der Waals surface area contributed by atoms with Crippen LogP contribution in [0.3, 0.4) is 0 Å². The van der Waals surface area contributed by atoms with Gasteiger partial charge in [0.2, 0.25) is 0 Å². The minimum atomic E-state index is 0.961. The van der Waals surface area contributed by atoms with Crippen LogP contribution in [0.1, 0.15) is 18.9 Å². The average Bonchev–Trinajstić information content (AvgIpc) is 2.76. The first kappa shape index (κ1) is 13.2. The summed E-state index contributed by atoms with van der Waals surface area (Å²) in [5, 5.41) is 5.55. The van der Waals surface area contributed by atoms with Crippen molar-refractivity contribution in [3.63, 3.8) is 0 Å². The number of nitrogens with zero attached hydrogens (tertiary/aromatic N) is 3. The molecule has 5 heteroatoms. The Hall–Kier alpha value is -1.20. The molecular weight excluding hydrogens is 244 g/mol. The lowest BCUT2D eigenvalue weighted by Gasteiger charge is -2.18. The summed E-state index contributed by atoms with van der Waals surface area (Å²) in [4.78, 5) is 11.0. The van der Waals surface area contributed by atoms with Crippen molar-refractivity contribution in [3.05, 3.63) is 17.3 Å². The maximum absolute atomic E-state index is 4.42. The Kier molecular flexibility index (Phi) is 4.49. The van der Waals surface area contributed by atoms with Crippen molar-refractivity contribution < 1.29 is 0 Å². The fraction of sp³-hybridized carbons (Fsp3) is 0.538. The quantitative estimate of drug-likeness (QED) is 0.814. The SMILES string of the molecule is CCCNCCN(C)c1ncnc2c(C)csc12. The van der Waals surface area contributed by atoms with Gasteiger partial charge in [0.25, 0.3) is 0 Å². The van der Waals surface area contributed by atoms with E-state index in [1.165, 1.54) is 16.7 Å². The van der Waals surface area contributed by atoms with E-state index in [0.717, 1.165) is 31.0 Å². The number of nitrogens with one attached hydrogen (secondary N) is 1. The van der Waals surface area contributed by atoms with Crippen LogP contribution in [0.5, 0.6) is 0 Å². The van der Waals surface area contributed by atoms with Crippen LogP contribution in [0.4, 0.5) is 5.82 Å².